The molecule has 0 saturated heterocycles. The lowest BCUT2D eigenvalue weighted by molar-refractivity contribution is -0.111. The molecule has 0 spiro atoms. The maximum Gasteiger partial charge on any atom is 0.327 e. The highest BCUT2D eigenvalue weighted by Gasteiger charge is 2.24. The number of hydrogen-bond acceptors (Lipinski definition) is 8. The van der Waals surface area contributed by atoms with Gasteiger partial charge in [-0.05, 0) is 6.08 Å². The van der Waals surface area contributed by atoms with E-state index < -0.39 is 29.3 Å². The van der Waals surface area contributed by atoms with Crippen molar-refractivity contribution < 1.29 is 27.8 Å². The molecule has 12 nitrogen and oxygen atoms in total. The summed E-state index contributed by atoms with van der Waals surface area (Å²) in [5.74, 6) is -2.70. The van der Waals surface area contributed by atoms with E-state index >= 15 is 0 Å². The second kappa shape index (κ2) is 10.5. The number of hydrogen-bond donors (Lipinski definition) is 3. The van der Waals surface area contributed by atoms with E-state index in [0.717, 1.165) is 17.0 Å². The maximum absolute atomic E-state index is 14.6. The van der Waals surface area contributed by atoms with Crippen molar-refractivity contribution in [3.05, 3.63) is 48.9 Å². The summed E-state index contributed by atoms with van der Waals surface area (Å²) in [6.07, 6.45) is 3.84. The Balaban J connectivity index is 1.83. The van der Waals surface area contributed by atoms with Gasteiger partial charge in [-0.1, -0.05) is 6.58 Å². The largest absolute Gasteiger partial charge is 0.493 e. The minimum Gasteiger partial charge on any atom is -0.493 e. The number of aryl methyl sites for hydroxylation is 1. The molecule has 2 aromatic heterocycles. The van der Waals surface area contributed by atoms with E-state index in [2.05, 4.69) is 37.6 Å². The molecule has 0 radical (unpaired) electrons. The lowest BCUT2D eigenvalue weighted by Crippen LogP contribution is -2.32. The topological polar surface area (TPSA) is 136 Å². The summed E-state index contributed by atoms with van der Waals surface area (Å²) in [7, 11) is 5.38. The molecule has 0 unspecified atom stereocenters. The zero-order chi connectivity index (χ0) is 25.7. The molecule has 0 fully saturated rings. The Morgan fingerprint density at radius 3 is 2.37 bits per heavy atom. The van der Waals surface area contributed by atoms with E-state index in [0.29, 0.717) is 5.69 Å². The fourth-order valence-electron chi connectivity index (χ4n) is 2.87. The first kappa shape index (κ1) is 24.9. The number of amides is 3. The molecule has 0 saturated carbocycles. The molecule has 3 N–H and O–H groups in total. The van der Waals surface area contributed by atoms with Gasteiger partial charge in [0.05, 0.1) is 20.4 Å². The van der Waals surface area contributed by atoms with E-state index in [4.69, 9.17) is 9.47 Å². The Hall–Kier alpha value is -4.75. The van der Waals surface area contributed by atoms with Gasteiger partial charge in [-0.25, -0.2) is 23.5 Å². The number of urea groups is 1. The van der Waals surface area contributed by atoms with Crippen molar-refractivity contribution >= 4 is 40.8 Å². The maximum atomic E-state index is 14.6. The van der Waals surface area contributed by atoms with Crippen LogP contribution in [0.1, 0.15) is 0 Å². The number of ether oxygens (including phenoxy) is 2. The van der Waals surface area contributed by atoms with Gasteiger partial charge in [0.2, 0.25) is 5.91 Å². The lowest BCUT2D eigenvalue weighted by atomic mass is 10.2. The number of nitrogens with one attached hydrogen (secondary N) is 3. The zero-order valence-electron chi connectivity index (χ0n) is 19.2. The number of aromatic nitrogens is 4. The highest BCUT2D eigenvalue weighted by molar-refractivity contribution is 6.02. The van der Waals surface area contributed by atoms with Gasteiger partial charge in [-0.2, -0.15) is 5.10 Å². The Kier molecular flexibility index (Phi) is 7.43. The van der Waals surface area contributed by atoms with Crippen molar-refractivity contribution in [2.75, 3.05) is 42.1 Å². The molecule has 0 bridgehead atoms. The summed E-state index contributed by atoms with van der Waals surface area (Å²) >= 11 is 0. The van der Waals surface area contributed by atoms with Crippen LogP contribution in [0.4, 0.5) is 42.4 Å². The predicted octanol–water partition coefficient (Wildman–Crippen LogP) is 3.04. The van der Waals surface area contributed by atoms with Crippen LogP contribution in [0.2, 0.25) is 0 Å². The van der Waals surface area contributed by atoms with Gasteiger partial charge in [-0.15, -0.1) is 0 Å². The summed E-state index contributed by atoms with van der Waals surface area (Å²) in [6, 6.07) is 1.52. The Morgan fingerprint density at radius 1 is 1.11 bits per heavy atom. The molecule has 0 aliphatic rings. The monoisotopic (exact) mass is 488 g/mol. The molecular formula is C21H22F2N8O4. The van der Waals surface area contributed by atoms with Gasteiger partial charge in [0.25, 0.3) is 0 Å². The number of halogens is 2. The van der Waals surface area contributed by atoms with Crippen LogP contribution in [-0.4, -0.2) is 53.0 Å². The Labute approximate surface area is 198 Å². The molecule has 184 valence electrons. The number of carbonyl (C=O) groups is 2. The van der Waals surface area contributed by atoms with Crippen LogP contribution in [0, 0.1) is 11.6 Å². The van der Waals surface area contributed by atoms with Gasteiger partial charge in [0, 0.05) is 26.2 Å². The summed E-state index contributed by atoms with van der Waals surface area (Å²) in [5, 5.41) is 11.9. The van der Waals surface area contributed by atoms with Gasteiger partial charge < -0.3 is 25.4 Å². The third kappa shape index (κ3) is 5.43. The summed E-state index contributed by atoms with van der Waals surface area (Å²) in [4.78, 5) is 33.5. The molecule has 1 aromatic carbocycles. The van der Waals surface area contributed by atoms with E-state index in [-0.39, 0.29) is 29.0 Å². The average Bonchev–Trinajstić information content (AvgIpc) is 3.19. The van der Waals surface area contributed by atoms with Crippen LogP contribution in [0.5, 0.6) is 11.5 Å². The molecule has 3 amide bonds. The molecule has 14 heteroatoms. The highest BCUT2D eigenvalue weighted by atomic mass is 19.1. The first-order chi connectivity index (χ1) is 16.7. The van der Waals surface area contributed by atoms with Crippen LogP contribution in [0.15, 0.2) is 37.3 Å². The fraction of sp³-hybridized carbons (Fsp3) is 0.190. The first-order valence-electron chi connectivity index (χ1n) is 9.89. The highest BCUT2D eigenvalue weighted by Crippen LogP contribution is 2.35. The number of anilines is 5. The molecule has 3 aromatic rings. The lowest BCUT2D eigenvalue weighted by Gasteiger charge is -2.19. The van der Waals surface area contributed by atoms with E-state index in [1.54, 1.807) is 13.2 Å². The number of benzene rings is 1. The van der Waals surface area contributed by atoms with Gasteiger partial charge in [0.1, 0.15) is 29.3 Å². The van der Waals surface area contributed by atoms with Crippen molar-refractivity contribution in [2.24, 2.45) is 7.05 Å². The van der Waals surface area contributed by atoms with Crippen molar-refractivity contribution in [3.8, 4) is 11.5 Å². The number of carbonyl (C=O) groups excluding carboxylic acids is 2. The molecule has 3 rings (SSSR count). The van der Waals surface area contributed by atoms with Crippen LogP contribution >= 0.6 is 0 Å². The normalized spacial score (nSPS) is 10.3. The molecule has 0 aliphatic heterocycles. The van der Waals surface area contributed by atoms with Crippen LogP contribution in [0.25, 0.3) is 0 Å². The number of rotatable bonds is 8. The number of methoxy groups -OCH3 is 2. The average molecular weight is 488 g/mol. The molecular weight excluding hydrogens is 466 g/mol. The fourth-order valence-corrected chi connectivity index (χ4v) is 2.87. The van der Waals surface area contributed by atoms with Crippen molar-refractivity contribution in [3.63, 3.8) is 0 Å². The summed E-state index contributed by atoms with van der Waals surface area (Å²) < 4.78 is 40.4. The van der Waals surface area contributed by atoms with Gasteiger partial charge in [0.15, 0.2) is 29.0 Å². The third-order valence-electron chi connectivity index (χ3n) is 4.63. The van der Waals surface area contributed by atoms with Gasteiger partial charge in [-0.3, -0.25) is 14.4 Å². The van der Waals surface area contributed by atoms with E-state index in [9.17, 15) is 18.4 Å². The first-order valence-corrected chi connectivity index (χ1v) is 9.89. The zero-order valence-corrected chi connectivity index (χ0v) is 19.2. The van der Waals surface area contributed by atoms with Crippen LogP contribution in [-0.2, 0) is 11.8 Å². The van der Waals surface area contributed by atoms with Crippen molar-refractivity contribution in [1.82, 2.24) is 19.7 Å². The summed E-state index contributed by atoms with van der Waals surface area (Å²) in [5.41, 5.74) is -0.386. The van der Waals surface area contributed by atoms with Crippen LogP contribution < -0.4 is 30.3 Å². The molecule has 35 heavy (non-hydrogen) atoms. The standard InChI is InChI=1S/C21H22F2N8O4/c1-6-16(32)26-11-9-30(2)29-20(11)27-14-8-15(25-10-24-14)31(3)21(33)28-19-17(22)12(34-4)7-13(35-5)18(19)23/h6-10H,1H2,2-5H3,(H,26,32)(H,28,33)(H,24,25,27,29). The second-order valence-corrected chi connectivity index (χ2v) is 6.92. The van der Waals surface area contributed by atoms with Crippen molar-refractivity contribution in [1.29, 1.82) is 0 Å². The van der Waals surface area contributed by atoms with E-state index in [1.165, 1.54) is 38.3 Å². The Bertz CT molecular complexity index is 1250. The smallest absolute Gasteiger partial charge is 0.327 e. The quantitative estimate of drug-likeness (QED) is 0.412. The van der Waals surface area contributed by atoms with Crippen molar-refractivity contribution in [2.45, 2.75) is 0 Å². The second-order valence-electron chi connectivity index (χ2n) is 6.92. The molecule has 2 heterocycles. The minimum absolute atomic E-state index is 0.0864. The van der Waals surface area contributed by atoms with Crippen LogP contribution in [0.3, 0.4) is 0 Å². The van der Waals surface area contributed by atoms with E-state index in [1.807, 2.05) is 0 Å². The predicted molar refractivity (Wildman–Crippen MR) is 124 cm³/mol. The SMILES string of the molecule is C=CC(=O)Nc1cn(C)nc1Nc1cc(N(C)C(=O)Nc2c(F)c(OC)cc(OC)c2F)ncn1. The minimum atomic E-state index is -1.11. The molecule has 0 atom stereocenters. The summed E-state index contributed by atoms with van der Waals surface area (Å²) in [6.45, 7) is 3.40. The molecule has 0 aliphatic carbocycles. The van der Waals surface area contributed by atoms with Gasteiger partial charge >= 0.3 is 6.03 Å². The number of nitrogens with zero attached hydrogens (tertiary/aromatic N) is 5. The Morgan fingerprint density at radius 2 is 1.77 bits per heavy atom. The third-order valence-corrected chi connectivity index (χ3v) is 4.63.